The Morgan fingerprint density at radius 2 is 1.90 bits per heavy atom. The molecule has 0 saturated heterocycles. The Kier molecular flexibility index (Phi) is 3.50. The summed E-state index contributed by atoms with van der Waals surface area (Å²) >= 11 is 5.67. The molecule has 1 aromatic heterocycles. The maximum absolute atomic E-state index is 13.8. The van der Waals surface area contributed by atoms with Crippen LogP contribution in [0.3, 0.4) is 0 Å². The molecule has 1 heterocycles. The Balaban J connectivity index is 1.94. The number of carbonyl (C=O) groups is 1. The van der Waals surface area contributed by atoms with Crippen LogP contribution < -0.4 is 0 Å². The van der Waals surface area contributed by atoms with Crippen molar-refractivity contribution in [3.8, 4) is 5.69 Å². The van der Waals surface area contributed by atoms with Gasteiger partial charge in [-0.1, -0.05) is 29.8 Å². The van der Waals surface area contributed by atoms with Gasteiger partial charge in [0.15, 0.2) is 5.69 Å². The number of rotatable bonds is 3. The third kappa shape index (κ3) is 2.68. The Morgan fingerprint density at radius 3 is 2.62 bits per heavy atom. The van der Waals surface area contributed by atoms with Gasteiger partial charge >= 0.3 is 0 Å². The topological polar surface area (TPSA) is 47.8 Å². The SMILES string of the molecule is O=C(c1cnn(-c2ccccc2)n1)c1ccc(Cl)cc1F. The first-order valence-electron chi connectivity index (χ1n) is 6.12. The summed E-state index contributed by atoms with van der Waals surface area (Å²) < 4.78 is 13.8. The molecule has 3 rings (SSSR count). The van der Waals surface area contributed by atoms with E-state index in [2.05, 4.69) is 10.2 Å². The fourth-order valence-electron chi connectivity index (χ4n) is 1.86. The predicted molar refractivity (Wildman–Crippen MR) is 76.2 cm³/mol. The fourth-order valence-corrected chi connectivity index (χ4v) is 2.02. The van der Waals surface area contributed by atoms with Gasteiger partial charge in [0.1, 0.15) is 5.82 Å². The average molecular weight is 302 g/mol. The van der Waals surface area contributed by atoms with Crippen LogP contribution in [0.5, 0.6) is 0 Å². The van der Waals surface area contributed by atoms with E-state index in [1.54, 1.807) is 12.1 Å². The quantitative estimate of drug-likeness (QED) is 0.697. The van der Waals surface area contributed by atoms with E-state index in [9.17, 15) is 9.18 Å². The van der Waals surface area contributed by atoms with Gasteiger partial charge in [-0.3, -0.25) is 4.79 Å². The molecule has 0 unspecified atom stereocenters. The third-order valence-electron chi connectivity index (χ3n) is 2.89. The van der Waals surface area contributed by atoms with E-state index in [1.165, 1.54) is 23.1 Å². The molecule has 2 aromatic carbocycles. The molecule has 0 atom stereocenters. The van der Waals surface area contributed by atoms with Crippen LogP contribution in [0.25, 0.3) is 5.69 Å². The van der Waals surface area contributed by atoms with Crippen molar-refractivity contribution < 1.29 is 9.18 Å². The Hall–Kier alpha value is -2.53. The second-order valence-corrected chi connectivity index (χ2v) is 4.74. The van der Waals surface area contributed by atoms with Crippen LogP contribution in [0, 0.1) is 5.82 Å². The Morgan fingerprint density at radius 1 is 1.14 bits per heavy atom. The highest BCUT2D eigenvalue weighted by Gasteiger charge is 2.17. The monoisotopic (exact) mass is 301 g/mol. The van der Waals surface area contributed by atoms with Gasteiger partial charge in [0.05, 0.1) is 17.4 Å². The van der Waals surface area contributed by atoms with Crippen molar-refractivity contribution in [1.82, 2.24) is 15.0 Å². The molecule has 0 bridgehead atoms. The van der Waals surface area contributed by atoms with Crippen LogP contribution in [0.15, 0.2) is 54.7 Å². The largest absolute Gasteiger partial charge is 0.287 e. The Labute approximate surface area is 124 Å². The van der Waals surface area contributed by atoms with Crippen molar-refractivity contribution in [3.63, 3.8) is 0 Å². The summed E-state index contributed by atoms with van der Waals surface area (Å²) in [5.74, 6) is -1.21. The minimum absolute atomic E-state index is 0.0695. The zero-order valence-corrected chi connectivity index (χ0v) is 11.5. The van der Waals surface area contributed by atoms with Crippen LogP contribution in [-0.4, -0.2) is 20.8 Å². The lowest BCUT2D eigenvalue weighted by Gasteiger charge is -2.00. The third-order valence-corrected chi connectivity index (χ3v) is 3.12. The smallest absolute Gasteiger partial charge is 0.217 e. The summed E-state index contributed by atoms with van der Waals surface area (Å²) in [7, 11) is 0. The lowest BCUT2D eigenvalue weighted by molar-refractivity contribution is 0.103. The second-order valence-electron chi connectivity index (χ2n) is 4.31. The standard InChI is InChI=1S/C15H9ClFN3O/c16-10-6-7-12(13(17)8-10)15(21)14-9-18-20(19-14)11-4-2-1-3-5-11/h1-9H. The van der Waals surface area contributed by atoms with Gasteiger partial charge in [-0.25, -0.2) is 4.39 Å². The van der Waals surface area contributed by atoms with E-state index in [1.807, 2.05) is 18.2 Å². The summed E-state index contributed by atoms with van der Waals surface area (Å²) in [5.41, 5.74) is 0.702. The normalized spacial score (nSPS) is 10.6. The first-order valence-corrected chi connectivity index (χ1v) is 6.50. The fraction of sp³-hybridized carbons (Fsp3) is 0. The number of halogens is 2. The lowest BCUT2D eigenvalue weighted by Crippen LogP contribution is -2.06. The van der Waals surface area contributed by atoms with Gasteiger partial charge in [-0.2, -0.15) is 9.90 Å². The van der Waals surface area contributed by atoms with Crippen molar-refractivity contribution in [2.45, 2.75) is 0 Å². The van der Waals surface area contributed by atoms with Crippen molar-refractivity contribution in [2.75, 3.05) is 0 Å². The summed E-state index contributed by atoms with van der Waals surface area (Å²) in [5, 5.41) is 8.33. The molecule has 6 heteroatoms. The molecule has 0 saturated carbocycles. The molecule has 0 radical (unpaired) electrons. The average Bonchev–Trinajstić information content (AvgIpc) is 2.97. The van der Waals surface area contributed by atoms with E-state index < -0.39 is 11.6 Å². The van der Waals surface area contributed by atoms with Gasteiger partial charge in [-0.15, -0.1) is 5.10 Å². The molecule has 4 nitrogen and oxygen atoms in total. The molecule has 0 spiro atoms. The molecule has 0 aliphatic carbocycles. The van der Waals surface area contributed by atoms with E-state index in [0.717, 1.165) is 6.07 Å². The predicted octanol–water partition coefficient (Wildman–Crippen LogP) is 3.29. The molecule has 0 aliphatic rings. The summed E-state index contributed by atoms with van der Waals surface area (Å²) in [4.78, 5) is 13.5. The molecular weight excluding hydrogens is 293 g/mol. The molecule has 0 fully saturated rings. The summed E-state index contributed by atoms with van der Waals surface area (Å²) in [6.45, 7) is 0. The highest BCUT2D eigenvalue weighted by molar-refractivity contribution is 6.30. The number of hydrogen-bond acceptors (Lipinski definition) is 3. The van der Waals surface area contributed by atoms with E-state index in [0.29, 0.717) is 5.69 Å². The van der Waals surface area contributed by atoms with Crippen molar-refractivity contribution >= 4 is 17.4 Å². The Bertz CT molecular complexity index is 802. The molecule has 21 heavy (non-hydrogen) atoms. The van der Waals surface area contributed by atoms with Gasteiger partial charge < -0.3 is 0 Å². The van der Waals surface area contributed by atoms with Crippen molar-refractivity contribution in [1.29, 1.82) is 0 Å². The first-order chi connectivity index (χ1) is 10.1. The van der Waals surface area contributed by atoms with E-state index in [-0.39, 0.29) is 16.3 Å². The first kappa shape index (κ1) is 13.5. The lowest BCUT2D eigenvalue weighted by atomic mass is 10.1. The number of aromatic nitrogens is 3. The van der Waals surface area contributed by atoms with Gasteiger partial charge in [0.2, 0.25) is 5.78 Å². The van der Waals surface area contributed by atoms with Crippen LogP contribution in [-0.2, 0) is 0 Å². The molecule has 3 aromatic rings. The van der Waals surface area contributed by atoms with Crippen molar-refractivity contribution in [3.05, 3.63) is 76.8 Å². The molecule has 0 amide bonds. The zero-order chi connectivity index (χ0) is 14.8. The van der Waals surface area contributed by atoms with Crippen LogP contribution >= 0.6 is 11.6 Å². The minimum atomic E-state index is -0.679. The number of para-hydroxylation sites is 1. The maximum atomic E-state index is 13.8. The van der Waals surface area contributed by atoms with E-state index >= 15 is 0 Å². The molecule has 104 valence electrons. The minimum Gasteiger partial charge on any atom is -0.287 e. The molecule has 0 N–H and O–H groups in total. The van der Waals surface area contributed by atoms with E-state index in [4.69, 9.17) is 11.6 Å². The highest BCUT2D eigenvalue weighted by atomic mass is 35.5. The summed E-state index contributed by atoms with van der Waals surface area (Å²) in [6, 6.07) is 13.0. The van der Waals surface area contributed by atoms with Crippen LogP contribution in [0.2, 0.25) is 5.02 Å². The van der Waals surface area contributed by atoms with Gasteiger partial charge in [0.25, 0.3) is 0 Å². The number of nitrogens with zero attached hydrogens (tertiary/aromatic N) is 3. The molecule has 0 aliphatic heterocycles. The maximum Gasteiger partial charge on any atom is 0.217 e. The van der Waals surface area contributed by atoms with Crippen LogP contribution in [0.1, 0.15) is 16.1 Å². The number of hydrogen-bond donors (Lipinski definition) is 0. The second kappa shape index (κ2) is 5.46. The van der Waals surface area contributed by atoms with Gasteiger partial charge in [-0.05, 0) is 30.3 Å². The number of benzene rings is 2. The van der Waals surface area contributed by atoms with Crippen molar-refractivity contribution in [2.24, 2.45) is 0 Å². The van der Waals surface area contributed by atoms with Gasteiger partial charge in [0, 0.05) is 5.02 Å². The zero-order valence-electron chi connectivity index (χ0n) is 10.7. The number of carbonyl (C=O) groups excluding carboxylic acids is 1. The highest BCUT2D eigenvalue weighted by Crippen LogP contribution is 2.17. The summed E-state index contributed by atoms with van der Waals surface area (Å²) in [6.07, 6.45) is 1.31. The van der Waals surface area contributed by atoms with Crippen LogP contribution in [0.4, 0.5) is 4.39 Å². The number of ketones is 1. The molecular formula is C15H9ClFN3O.